The Kier molecular flexibility index (Phi) is 5.40. The summed E-state index contributed by atoms with van der Waals surface area (Å²) in [5, 5.41) is 0. The molecule has 1 rings (SSSR count). The molecule has 2 unspecified atom stereocenters. The first-order chi connectivity index (χ1) is 8.08. The van der Waals surface area contributed by atoms with Crippen LogP contribution in [0.3, 0.4) is 0 Å². The molecule has 1 aromatic rings. The molecule has 0 N–H and O–H groups in total. The zero-order valence-electron chi connectivity index (χ0n) is 11.2. The minimum Gasteiger partial charge on any atom is -0.207 e. The fourth-order valence-corrected chi connectivity index (χ4v) is 2.17. The monoisotopic (exact) mass is 234 g/mol. The van der Waals surface area contributed by atoms with Crippen LogP contribution >= 0.6 is 0 Å². The van der Waals surface area contributed by atoms with Crippen LogP contribution in [0, 0.1) is 24.6 Å². The van der Waals surface area contributed by atoms with Crippen molar-refractivity contribution in [2.75, 3.05) is 0 Å². The van der Waals surface area contributed by atoms with Gasteiger partial charge in [0.2, 0.25) is 0 Å². The molecule has 1 aromatic carbocycles. The van der Waals surface area contributed by atoms with Crippen molar-refractivity contribution < 1.29 is 4.39 Å². The number of halogens is 1. The van der Waals surface area contributed by atoms with Crippen LogP contribution in [0.1, 0.15) is 37.8 Å². The fourth-order valence-electron chi connectivity index (χ4n) is 2.17. The topological polar surface area (TPSA) is 0 Å². The van der Waals surface area contributed by atoms with Gasteiger partial charge in [0.25, 0.3) is 0 Å². The molecule has 0 aliphatic carbocycles. The molecule has 0 saturated heterocycles. The van der Waals surface area contributed by atoms with Crippen LogP contribution in [0.25, 0.3) is 0 Å². The SMILES string of the molecule is C=CC(CCc1cc(F)ccc1C)C(C)CC. The molecule has 17 heavy (non-hydrogen) atoms. The van der Waals surface area contributed by atoms with E-state index in [2.05, 4.69) is 20.4 Å². The first kappa shape index (κ1) is 14.0. The number of hydrogen-bond donors (Lipinski definition) is 0. The highest BCUT2D eigenvalue weighted by Gasteiger charge is 2.12. The van der Waals surface area contributed by atoms with Gasteiger partial charge in [0.15, 0.2) is 0 Å². The highest BCUT2D eigenvalue weighted by molar-refractivity contribution is 5.26. The normalized spacial score (nSPS) is 14.4. The molecule has 94 valence electrons. The molecule has 0 spiro atoms. The molecule has 2 atom stereocenters. The van der Waals surface area contributed by atoms with E-state index in [1.54, 1.807) is 6.07 Å². The van der Waals surface area contributed by atoms with E-state index < -0.39 is 0 Å². The zero-order valence-corrected chi connectivity index (χ0v) is 11.2. The van der Waals surface area contributed by atoms with Crippen LogP contribution < -0.4 is 0 Å². The van der Waals surface area contributed by atoms with Crippen molar-refractivity contribution in [3.05, 3.63) is 47.8 Å². The Hall–Kier alpha value is -1.11. The summed E-state index contributed by atoms with van der Waals surface area (Å²) >= 11 is 0. The number of rotatable bonds is 6. The molecule has 0 aliphatic heterocycles. The molecule has 0 saturated carbocycles. The lowest BCUT2D eigenvalue weighted by Gasteiger charge is -2.19. The zero-order chi connectivity index (χ0) is 12.8. The Balaban J connectivity index is 2.65. The Labute approximate surface area is 105 Å². The summed E-state index contributed by atoms with van der Waals surface area (Å²) in [6.07, 6.45) is 5.20. The first-order valence-corrected chi connectivity index (χ1v) is 6.46. The maximum atomic E-state index is 13.2. The second kappa shape index (κ2) is 6.58. The highest BCUT2D eigenvalue weighted by atomic mass is 19.1. The van der Waals surface area contributed by atoms with Crippen molar-refractivity contribution in [1.29, 1.82) is 0 Å². The van der Waals surface area contributed by atoms with Crippen molar-refractivity contribution in [3.63, 3.8) is 0 Å². The second-order valence-electron chi connectivity index (χ2n) is 4.89. The fraction of sp³-hybridized carbons (Fsp3) is 0.500. The van der Waals surface area contributed by atoms with Crippen LogP contribution in [0.4, 0.5) is 4.39 Å². The molecule has 0 heterocycles. The van der Waals surface area contributed by atoms with Gasteiger partial charge in [-0.25, -0.2) is 4.39 Å². The third kappa shape index (κ3) is 3.99. The van der Waals surface area contributed by atoms with Crippen molar-refractivity contribution in [3.8, 4) is 0 Å². The average Bonchev–Trinajstić information content (AvgIpc) is 2.33. The van der Waals surface area contributed by atoms with Crippen LogP contribution in [-0.4, -0.2) is 0 Å². The summed E-state index contributed by atoms with van der Waals surface area (Å²) in [4.78, 5) is 0. The quantitative estimate of drug-likeness (QED) is 0.613. The number of allylic oxidation sites excluding steroid dienone is 1. The maximum absolute atomic E-state index is 13.2. The summed E-state index contributed by atoms with van der Waals surface area (Å²) in [6.45, 7) is 10.4. The molecule has 0 radical (unpaired) electrons. The van der Waals surface area contributed by atoms with E-state index in [1.165, 1.54) is 18.1 Å². The first-order valence-electron chi connectivity index (χ1n) is 6.46. The van der Waals surface area contributed by atoms with Crippen molar-refractivity contribution in [2.45, 2.75) is 40.0 Å². The van der Waals surface area contributed by atoms with Gasteiger partial charge < -0.3 is 0 Å². The van der Waals surface area contributed by atoms with Crippen molar-refractivity contribution >= 4 is 0 Å². The van der Waals surface area contributed by atoms with E-state index in [-0.39, 0.29) is 5.82 Å². The Bertz CT molecular complexity index is 368. The minimum absolute atomic E-state index is 0.135. The minimum atomic E-state index is -0.135. The molecule has 0 aromatic heterocycles. The van der Waals surface area contributed by atoms with Crippen LogP contribution in [-0.2, 0) is 6.42 Å². The lowest BCUT2D eigenvalue weighted by molar-refractivity contribution is 0.394. The van der Waals surface area contributed by atoms with Gasteiger partial charge in [-0.05, 0) is 54.9 Å². The third-order valence-electron chi connectivity index (χ3n) is 3.74. The Morgan fingerprint density at radius 2 is 2.12 bits per heavy atom. The summed E-state index contributed by atoms with van der Waals surface area (Å²) in [5.41, 5.74) is 2.30. The van der Waals surface area contributed by atoms with Gasteiger partial charge in [0.05, 0.1) is 0 Å². The van der Waals surface area contributed by atoms with E-state index in [9.17, 15) is 4.39 Å². The molecular formula is C16H23F. The third-order valence-corrected chi connectivity index (χ3v) is 3.74. The average molecular weight is 234 g/mol. The van der Waals surface area contributed by atoms with Crippen molar-refractivity contribution in [2.24, 2.45) is 11.8 Å². The lowest BCUT2D eigenvalue weighted by atomic mass is 9.86. The Morgan fingerprint density at radius 3 is 2.71 bits per heavy atom. The molecule has 0 bridgehead atoms. The van der Waals surface area contributed by atoms with Gasteiger partial charge in [-0.2, -0.15) is 0 Å². The number of hydrogen-bond acceptors (Lipinski definition) is 0. The molecular weight excluding hydrogens is 211 g/mol. The predicted octanol–water partition coefficient (Wildman–Crippen LogP) is 4.92. The molecule has 1 heteroatoms. The molecule has 0 aliphatic rings. The standard InChI is InChI=1S/C16H23F/c1-5-12(3)14(6-2)8-9-15-11-16(17)10-7-13(15)4/h6-7,10-12,14H,2,5,8-9H2,1,3-4H3. The molecule has 0 nitrogen and oxygen atoms in total. The van der Waals surface area contributed by atoms with Gasteiger partial charge in [0.1, 0.15) is 5.82 Å². The van der Waals surface area contributed by atoms with Gasteiger partial charge >= 0.3 is 0 Å². The Morgan fingerprint density at radius 1 is 1.41 bits per heavy atom. The number of aryl methyl sites for hydroxylation is 2. The van der Waals surface area contributed by atoms with Gasteiger partial charge in [-0.15, -0.1) is 6.58 Å². The second-order valence-corrected chi connectivity index (χ2v) is 4.89. The van der Waals surface area contributed by atoms with Gasteiger partial charge in [0, 0.05) is 0 Å². The van der Waals surface area contributed by atoms with E-state index >= 15 is 0 Å². The summed E-state index contributed by atoms with van der Waals surface area (Å²) in [6, 6.07) is 5.04. The predicted molar refractivity (Wildman–Crippen MR) is 72.6 cm³/mol. The largest absolute Gasteiger partial charge is 0.207 e. The van der Waals surface area contributed by atoms with Crippen LogP contribution in [0.2, 0.25) is 0 Å². The van der Waals surface area contributed by atoms with E-state index in [4.69, 9.17) is 0 Å². The molecule has 0 amide bonds. The van der Waals surface area contributed by atoms with E-state index in [0.29, 0.717) is 11.8 Å². The summed E-state index contributed by atoms with van der Waals surface area (Å²) in [5.74, 6) is 1.05. The summed E-state index contributed by atoms with van der Waals surface area (Å²) < 4.78 is 13.2. The van der Waals surface area contributed by atoms with E-state index in [0.717, 1.165) is 18.4 Å². The lowest BCUT2D eigenvalue weighted by Crippen LogP contribution is -2.09. The number of benzene rings is 1. The molecule has 0 fully saturated rings. The smallest absolute Gasteiger partial charge is 0.123 e. The van der Waals surface area contributed by atoms with Gasteiger partial charge in [-0.3, -0.25) is 0 Å². The maximum Gasteiger partial charge on any atom is 0.123 e. The van der Waals surface area contributed by atoms with Crippen molar-refractivity contribution in [1.82, 2.24) is 0 Å². The van der Waals surface area contributed by atoms with E-state index in [1.807, 2.05) is 19.1 Å². The van der Waals surface area contributed by atoms with Crippen LogP contribution in [0.15, 0.2) is 30.9 Å². The van der Waals surface area contributed by atoms with Crippen LogP contribution in [0.5, 0.6) is 0 Å². The highest BCUT2D eigenvalue weighted by Crippen LogP contribution is 2.23. The van der Waals surface area contributed by atoms with Gasteiger partial charge in [-0.1, -0.05) is 32.4 Å². The summed E-state index contributed by atoms with van der Waals surface area (Å²) in [7, 11) is 0.